The molecule has 1 fully saturated rings. The van der Waals surface area contributed by atoms with E-state index in [1.165, 1.54) is 25.2 Å². The average Bonchev–Trinajstić information content (AvgIpc) is 2.75. The SMILES string of the molecule is CCNc1ccnc(CN(C)CC2CCN(C)C2)c1. The Morgan fingerprint density at radius 3 is 3.05 bits per heavy atom. The van der Waals surface area contributed by atoms with Gasteiger partial charge < -0.3 is 15.1 Å². The maximum Gasteiger partial charge on any atom is 0.0564 e. The van der Waals surface area contributed by atoms with E-state index in [-0.39, 0.29) is 0 Å². The quantitative estimate of drug-likeness (QED) is 0.848. The predicted molar refractivity (Wildman–Crippen MR) is 80.3 cm³/mol. The first-order valence-electron chi connectivity index (χ1n) is 7.23. The largest absolute Gasteiger partial charge is 0.385 e. The van der Waals surface area contributed by atoms with Gasteiger partial charge in [-0.1, -0.05) is 0 Å². The fourth-order valence-corrected chi connectivity index (χ4v) is 2.84. The minimum atomic E-state index is 0.812. The van der Waals surface area contributed by atoms with Crippen molar-refractivity contribution in [1.82, 2.24) is 14.8 Å². The lowest BCUT2D eigenvalue weighted by Crippen LogP contribution is -2.27. The number of pyridine rings is 1. The maximum atomic E-state index is 4.46. The Balaban J connectivity index is 1.84. The Labute approximate surface area is 116 Å². The lowest BCUT2D eigenvalue weighted by atomic mass is 10.1. The highest BCUT2D eigenvalue weighted by atomic mass is 15.2. The molecule has 0 aliphatic carbocycles. The highest BCUT2D eigenvalue weighted by Gasteiger charge is 2.20. The zero-order valence-electron chi connectivity index (χ0n) is 12.4. The number of likely N-dealkylation sites (tertiary alicyclic amines) is 1. The van der Waals surface area contributed by atoms with Gasteiger partial charge in [-0.05, 0) is 52.0 Å². The summed E-state index contributed by atoms with van der Waals surface area (Å²) in [4.78, 5) is 9.27. The molecule has 0 amide bonds. The van der Waals surface area contributed by atoms with Crippen LogP contribution in [0.5, 0.6) is 0 Å². The van der Waals surface area contributed by atoms with Crippen LogP contribution in [0.2, 0.25) is 0 Å². The van der Waals surface area contributed by atoms with Crippen molar-refractivity contribution in [3.05, 3.63) is 24.0 Å². The third-order valence-corrected chi connectivity index (χ3v) is 3.69. The molecule has 0 spiro atoms. The van der Waals surface area contributed by atoms with E-state index in [1.54, 1.807) is 0 Å². The van der Waals surface area contributed by atoms with E-state index in [9.17, 15) is 0 Å². The number of nitrogens with zero attached hydrogens (tertiary/aromatic N) is 3. The Morgan fingerprint density at radius 1 is 1.53 bits per heavy atom. The third kappa shape index (κ3) is 4.48. The van der Waals surface area contributed by atoms with Gasteiger partial charge in [0.1, 0.15) is 0 Å². The molecule has 0 radical (unpaired) electrons. The summed E-state index contributed by atoms with van der Waals surface area (Å²) >= 11 is 0. The Bertz CT molecular complexity index is 393. The minimum absolute atomic E-state index is 0.812. The van der Waals surface area contributed by atoms with Gasteiger partial charge in [-0.25, -0.2) is 0 Å². The normalized spacial score (nSPS) is 20.1. The van der Waals surface area contributed by atoms with Crippen molar-refractivity contribution >= 4 is 5.69 Å². The lowest BCUT2D eigenvalue weighted by Gasteiger charge is -2.20. The molecule has 1 atom stereocenters. The van der Waals surface area contributed by atoms with E-state index in [2.05, 4.69) is 47.2 Å². The van der Waals surface area contributed by atoms with E-state index in [0.717, 1.165) is 31.2 Å². The molecule has 19 heavy (non-hydrogen) atoms. The van der Waals surface area contributed by atoms with Crippen molar-refractivity contribution in [2.24, 2.45) is 5.92 Å². The standard InChI is InChI=1S/C15H26N4/c1-4-16-14-5-7-17-15(9-14)12-19(3)11-13-6-8-18(2)10-13/h5,7,9,13H,4,6,8,10-12H2,1-3H3,(H,16,17). The predicted octanol–water partition coefficient (Wildman–Crippen LogP) is 1.90. The maximum absolute atomic E-state index is 4.46. The first kappa shape index (κ1) is 14.3. The van der Waals surface area contributed by atoms with Crippen LogP contribution in [-0.4, -0.2) is 55.1 Å². The summed E-state index contributed by atoms with van der Waals surface area (Å²) < 4.78 is 0. The van der Waals surface area contributed by atoms with E-state index in [4.69, 9.17) is 0 Å². The smallest absolute Gasteiger partial charge is 0.0564 e. The number of rotatable bonds is 6. The van der Waals surface area contributed by atoms with E-state index >= 15 is 0 Å². The van der Waals surface area contributed by atoms with E-state index in [0.29, 0.717) is 0 Å². The summed E-state index contributed by atoms with van der Waals surface area (Å²) in [6.45, 7) is 7.63. The van der Waals surface area contributed by atoms with Crippen LogP contribution < -0.4 is 5.32 Å². The summed E-state index contributed by atoms with van der Waals surface area (Å²) in [5.74, 6) is 0.812. The molecule has 1 saturated heterocycles. The first-order valence-corrected chi connectivity index (χ1v) is 7.23. The minimum Gasteiger partial charge on any atom is -0.385 e. The van der Waals surface area contributed by atoms with Crippen LogP contribution in [0.3, 0.4) is 0 Å². The molecule has 2 rings (SSSR count). The van der Waals surface area contributed by atoms with Gasteiger partial charge in [0.05, 0.1) is 5.69 Å². The van der Waals surface area contributed by atoms with Crippen molar-refractivity contribution in [3.8, 4) is 0 Å². The summed E-state index contributed by atoms with van der Waals surface area (Å²) in [5.41, 5.74) is 2.31. The molecule has 1 aliphatic rings. The molecule has 0 aromatic carbocycles. The second kappa shape index (κ2) is 6.87. The Morgan fingerprint density at radius 2 is 2.37 bits per heavy atom. The monoisotopic (exact) mass is 262 g/mol. The van der Waals surface area contributed by atoms with E-state index < -0.39 is 0 Å². The second-order valence-electron chi connectivity index (χ2n) is 5.68. The van der Waals surface area contributed by atoms with E-state index in [1.807, 2.05) is 12.3 Å². The summed E-state index contributed by atoms with van der Waals surface area (Å²) in [6, 6.07) is 4.18. The van der Waals surface area contributed by atoms with Crippen LogP contribution in [0.1, 0.15) is 19.0 Å². The molecular formula is C15H26N4. The summed E-state index contributed by atoms with van der Waals surface area (Å²) in [6.07, 6.45) is 3.22. The molecular weight excluding hydrogens is 236 g/mol. The van der Waals surface area contributed by atoms with Gasteiger partial charge in [-0.2, -0.15) is 0 Å². The van der Waals surface area contributed by atoms with Crippen LogP contribution in [0.15, 0.2) is 18.3 Å². The van der Waals surface area contributed by atoms with Crippen molar-refractivity contribution in [3.63, 3.8) is 0 Å². The molecule has 1 aromatic rings. The van der Waals surface area contributed by atoms with Gasteiger partial charge in [-0.3, -0.25) is 4.98 Å². The van der Waals surface area contributed by atoms with Gasteiger partial charge in [0.25, 0.3) is 0 Å². The zero-order valence-corrected chi connectivity index (χ0v) is 12.4. The van der Waals surface area contributed by atoms with Crippen LogP contribution >= 0.6 is 0 Å². The number of nitrogens with one attached hydrogen (secondary N) is 1. The molecule has 1 N–H and O–H groups in total. The molecule has 1 unspecified atom stereocenters. The Hall–Kier alpha value is -1.13. The van der Waals surface area contributed by atoms with Crippen molar-refractivity contribution < 1.29 is 0 Å². The molecule has 0 saturated carbocycles. The average molecular weight is 262 g/mol. The van der Waals surface area contributed by atoms with Crippen LogP contribution in [0.4, 0.5) is 5.69 Å². The number of hydrogen-bond acceptors (Lipinski definition) is 4. The third-order valence-electron chi connectivity index (χ3n) is 3.69. The van der Waals surface area contributed by atoms with Gasteiger partial charge >= 0.3 is 0 Å². The number of anilines is 1. The number of aromatic nitrogens is 1. The first-order chi connectivity index (χ1) is 9.17. The van der Waals surface area contributed by atoms with Crippen LogP contribution in [0, 0.1) is 5.92 Å². The molecule has 1 aromatic heterocycles. The van der Waals surface area contributed by atoms with Crippen molar-refractivity contribution in [1.29, 1.82) is 0 Å². The fourth-order valence-electron chi connectivity index (χ4n) is 2.84. The number of hydrogen-bond donors (Lipinski definition) is 1. The zero-order chi connectivity index (χ0) is 13.7. The van der Waals surface area contributed by atoms with Crippen LogP contribution in [0.25, 0.3) is 0 Å². The molecule has 4 heteroatoms. The van der Waals surface area contributed by atoms with Crippen molar-refractivity contribution in [2.75, 3.05) is 45.6 Å². The summed E-state index contributed by atoms with van der Waals surface area (Å²) in [5, 5.41) is 3.33. The summed E-state index contributed by atoms with van der Waals surface area (Å²) in [7, 11) is 4.40. The van der Waals surface area contributed by atoms with Gasteiger partial charge in [0, 0.05) is 38.1 Å². The fraction of sp³-hybridized carbons (Fsp3) is 0.667. The van der Waals surface area contributed by atoms with Gasteiger partial charge in [0.15, 0.2) is 0 Å². The van der Waals surface area contributed by atoms with Gasteiger partial charge in [0.2, 0.25) is 0 Å². The molecule has 0 bridgehead atoms. The second-order valence-corrected chi connectivity index (χ2v) is 5.68. The topological polar surface area (TPSA) is 31.4 Å². The van der Waals surface area contributed by atoms with Crippen molar-refractivity contribution in [2.45, 2.75) is 19.9 Å². The lowest BCUT2D eigenvalue weighted by molar-refractivity contribution is 0.265. The Kier molecular flexibility index (Phi) is 5.16. The highest BCUT2D eigenvalue weighted by molar-refractivity contribution is 5.42. The molecule has 1 aliphatic heterocycles. The van der Waals surface area contributed by atoms with Crippen LogP contribution in [-0.2, 0) is 6.54 Å². The highest BCUT2D eigenvalue weighted by Crippen LogP contribution is 2.16. The van der Waals surface area contributed by atoms with Gasteiger partial charge in [-0.15, -0.1) is 0 Å². The molecule has 106 valence electrons. The molecule has 4 nitrogen and oxygen atoms in total. The molecule has 2 heterocycles.